The van der Waals surface area contributed by atoms with E-state index in [1.165, 1.54) is 0 Å². The molecule has 2 aliphatic rings. The number of hydrogen-bond acceptors (Lipinski definition) is 3. The molecule has 0 bridgehead atoms. The standard InChI is InChI=1S/C16H22O3/c1-11-5-7-16(2)8-6-13(17)9-12(16)10-14(11)15(18-3)19-4/h6,8-11,15H,5,7H2,1-4H3/t11-,16-/m0/s1. The molecule has 2 aliphatic carbocycles. The molecule has 0 aromatic carbocycles. The van der Waals surface area contributed by atoms with Gasteiger partial charge in [-0.25, -0.2) is 0 Å². The third-order valence-electron chi connectivity index (χ3n) is 4.26. The summed E-state index contributed by atoms with van der Waals surface area (Å²) in [5.74, 6) is 0.445. The van der Waals surface area contributed by atoms with E-state index in [1.54, 1.807) is 26.4 Å². The highest BCUT2D eigenvalue weighted by molar-refractivity contribution is 6.01. The largest absolute Gasteiger partial charge is 0.352 e. The summed E-state index contributed by atoms with van der Waals surface area (Å²) in [6.07, 6.45) is 9.30. The summed E-state index contributed by atoms with van der Waals surface area (Å²) in [6.45, 7) is 4.37. The lowest BCUT2D eigenvalue weighted by atomic mass is 9.75. The van der Waals surface area contributed by atoms with Gasteiger partial charge in [0.1, 0.15) is 0 Å². The molecule has 0 aromatic heterocycles. The second kappa shape index (κ2) is 5.43. The molecule has 0 aliphatic heterocycles. The van der Waals surface area contributed by atoms with Crippen molar-refractivity contribution in [2.24, 2.45) is 11.3 Å². The Labute approximate surface area is 115 Å². The van der Waals surface area contributed by atoms with Crippen LogP contribution in [0.1, 0.15) is 26.7 Å². The van der Waals surface area contributed by atoms with Gasteiger partial charge in [0.15, 0.2) is 12.1 Å². The van der Waals surface area contributed by atoms with Gasteiger partial charge in [0.25, 0.3) is 0 Å². The van der Waals surface area contributed by atoms with E-state index >= 15 is 0 Å². The lowest BCUT2D eigenvalue weighted by Crippen LogP contribution is -2.20. The fraction of sp³-hybridized carbons (Fsp3) is 0.562. The van der Waals surface area contributed by atoms with Crippen molar-refractivity contribution >= 4 is 5.78 Å². The molecule has 3 heteroatoms. The number of carbonyl (C=O) groups excluding carboxylic acids is 1. The van der Waals surface area contributed by atoms with Crippen molar-refractivity contribution in [1.29, 1.82) is 0 Å². The summed E-state index contributed by atoms with van der Waals surface area (Å²) in [5.41, 5.74) is 2.14. The Balaban J connectivity index is 2.43. The minimum Gasteiger partial charge on any atom is -0.352 e. The van der Waals surface area contributed by atoms with Gasteiger partial charge in [0.2, 0.25) is 0 Å². The predicted octanol–water partition coefficient (Wildman–Crippen LogP) is 3.03. The highest BCUT2D eigenvalue weighted by Gasteiger charge is 2.34. The zero-order valence-electron chi connectivity index (χ0n) is 12.1. The topological polar surface area (TPSA) is 35.5 Å². The zero-order chi connectivity index (χ0) is 14.0. The van der Waals surface area contributed by atoms with E-state index in [0.29, 0.717) is 5.92 Å². The van der Waals surface area contributed by atoms with E-state index < -0.39 is 0 Å². The summed E-state index contributed by atoms with van der Waals surface area (Å²) in [4.78, 5) is 11.6. The van der Waals surface area contributed by atoms with Crippen molar-refractivity contribution in [2.45, 2.75) is 33.0 Å². The number of methoxy groups -OCH3 is 2. The second-order valence-corrected chi connectivity index (χ2v) is 5.64. The Morgan fingerprint density at radius 3 is 2.63 bits per heavy atom. The van der Waals surface area contributed by atoms with Crippen LogP contribution < -0.4 is 0 Å². The minimum atomic E-state index is -0.334. The summed E-state index contributed by atoms with van der Waals surface area (Å²) in [5, 5.41) is 0. The molecular weight excluding hydrogens is 240 g/mol. The van der Waals surface area contributed by atoms with E-state index in [2.05, 4.69) is 19.9 Å². The van der Waals surface area contributed by atoms with Crippen LogP contribution in [0.25, 0.3) is 0 Å². The zero-order valence-corrected chi connectivity index (χ0v) is 12.1. The number of hydrogen-bond donors (Lipinski definition) is 0. The molecule has 2 atom stereocenters. The van der Waals surface area contributed by atoms with Crippen molar-refractivity contribution in [3.63, 3.8) is 0 Å². The summed E-state index contributed by atoms with van der Waals surface area (Å²) in [7, 11) is 3.29. The van der Waals surface area contributed by atoms with Crippen LogP contribution in [-0.4, -0.2) is 26.3 Å². The normalized spacial score (nSPS) is 30.8. The Hall–Kier alpha value is -1.19. The number of ether oxygens (including phenoxy) is 2. The summed E-state index contributed by atoms with van der Waals surface area (Å²) in [6, 6.07) is 0. The number of ketones is 1. The fourth-order valence-corrected chi connectivity index (χ4v) is 2.84. The molecule has 3 nitrogen and oxygen atoms in total. The average molecular weight is 262 g/mol. The highest BCUT2D eigenvalue weighted by Crippen LogP contribution is 2.43. The van der Waals surface area contributed by atoms with Crippen molar-refractivity contribution in [1.82, 2.24) is 0 Å². The molecule has 0 aromatic rings. The number of fused-ring (bicyclic) bond motifs is 1. The van der Waals surface area contributed by atoms with Gasteiger partial charge in [0, 0.05) is 19.6 Å². The molecular formula is C16H22O3. The number of allylic oxidation sites excluding steroid dienone is 5. The van der Waals surface area contributed by atoms with Crippen LogP contribution in [0.15, 0.2) is 35.5 Å². The maximum absolute atomic E-state index is 11.6. The average Bonchev–Trinajstić information content (AvgIpc) is 2.51. The Morgan fingerprint density at radius 2 is 2.00 bits per heavy atom. The molecule has 0 N–H and O–H groups in total. The van der Waals surface area contributed by atoms with Gasteiger partial charge in [-0.1, -0.05) is 26.0 Å². The Kier molecular flexibility index (Phi) is 4.07. The molecule has 19 heavy (non-hydrogen) atoms. The fourth-order valence-electron chi connectivity index (χ4n) is 2.84. The predicted molar refractivity (Wildman–Crippen MR) is 74.6 cm³/mol. The molecule has 0 amide bonds. The SMILES string of the molecule is COC(OC)C1=CC2=CC(=O)C=C[C@]2(C)CC[C@@H]1C. The molecule has 0 saturated carbocycles. The van der Waals surface area contributed by atoms with Gasteiger partial charge >= 0.3 is 0 Å². The van der Waals surface area contributed by atoms with E-state index in [-0.39, 0.29) is 17.5 Å². The lowest BCUT2D eigenvalue weighted by Gasteiger charge is -2.28. The molecule has 0 fully saturated rings. The van der Waals surface area contributed by atoms with Crippen molar-refractivity contribution in [3.8, 4) is 0 Å². The molecule has 0 spiro atoms. The maximum atomic E-state index is 11.6. The molecule has 0 radical (unpaired) electrons. The molecule has 0 saturated heterocycles. The van der Waals surface area contributed by atoms with E-state index in [0.717, 1.165) is 24.0 Å². The van der Waals surface area contributed by atoms with Gasteiger partial charge in [-0.05, 0) is 42.1 Å². The van der Waals surface area contributed by atoms with Crippen LogP contribution in [-0.2, 0) is 14.3 Å². The molecule has 0 unspecified atom stereocenters. The van der Waals surface area contributed by atoms with E-state index in [9.17, 15) is 4.79 Å². The second-order valence-electron chi connectivity index (χ2n) is 5.64. The van der Waals surface area contributed by atoms with Crippen LogP contribution in [0.5, 0.6) is 0 Å². The van der Waals surface area contributed by atoms with Crippen LogP contribution in [0.2, 0.25) is 0 Å². The Bertz CT molecular complexity index is 455. The van der Waals surface area contributed by atoms with Gasteiger partial charge < -0.3 is 9.47 Å². The Morgan fingerprint density at radius 1 is 1.32 bits per heavy atom. The first kappa shape index (κ1) is 14.2. The molecule has 104 valence electrons. The van der Waals surface area contributed by atoms with Crippen molar-refractivity contribution < 1.29 is 14.3 Å². The molecule has 2 rings (SSSR count). The summed E-state index contributed by atoms with van der Waals surface area (Å²) >= 11 is 0. The smallest absolute Gasteiger partial charge is 0.179 e. The first-order chi connectivity index (χ1) is 9.00. The highest BCUT2D eigenvalue weighted by atomic mass is 16.7. The van der Waals surface area contributed by atoms with Crippen LogP contribution in [0, 0.1) is 11.3 Å². The molecule has 0 heterocycles. The third-order valence-corrected chi connectivity index (χ3v) is 4.26. The van der Waals surface area contributed by atoms with Gasteiger partial charge in [-0.2, -0.15) is 0 Å². The van der Waals surface area contributed by atoms with Crippen LogP contribution >= 0.6 is 0 Å². The van der Waals surface area contributed by atoms with Crippen LogP contribution in [0.3, 0.4) is 0 Å². The number of rotatable bonds is 3. The summed E-state index contributed by atoms with van der Waals surface area (Å²) < 4.78 is 10.8. The quantitative estimate of drug-likeness (QED) is 0.733. The first-order valence-electron chi connectivity index (χ1n) is 6.72. The van der Waals surface area contributed by atoms with Gasteiger partial charge in [-0.15, -0.1) is 0 Å². The van der Waals surface area contributed by atoms with E-state index in [1.807, 2.05) is 6.08 Å². The van der Waals surface area contributed by atoms with Crippen molar-refractivity contribution in [3.05, 3.63) is 35.5 Å². The van der Waals surface area contributed by atoms with Crippen LogP contribution in [0.4, 0.5) is 0 Å². The van der Waals surface area contributed by atoms with Gasteiger partial charge in [0.05, 0.1) is 0 Å². The number of carbonyl (C=O) groups is 1. The van der Waals surface area contributed by atoms with Crippen molar-refractivity contribution in [2.75, 3.05) is 14.2 Å². The van der Waals surface area contributed by atoms with Gasteiger partial charge in [-0.3, -0.25) is 4.79 Å². The third kappa shape index (κ3) is 2.72. The lowest BCUT2D eigenvalue weighted by molar-refractivity contribution is -0.110. The maximum Gasteiger partial charge on any atom is 0.179 e. The van der Waals surface area contributed by atoms with E-state index in [4.69, 9.17) is 9.47 Å². The monoisotopic (exact) mass is 262 g/mol. The minimum absolute atomic E-state index is 0.0457. The first-order valence-corrected chi connectivity index (χ1v) is 6.72.